The van der Waals surface area contributed by atoms with Crippen molar-refractivity contribution < 1.29 is 53.5 Å². The van der Waals surface area contributed by atoms with Crippen LogP contribution in [0.25, 0.3) is 0 Å². The van der Waals surface area contributed by atoms with Gasteiger partial charge in [-0.2, -0.15) is 0 Å². The molecule has 0 spiro atoms. The first-order chi connectivity index (χ1) is 9.36. The molecule has 5 saturated heterocycles. The van der Waals surface area contributed by atoms with Gasteiger partial charge in [-0.1, -0.05) is 0 Å². The molecular weight excluding hydrogens is 397 g/mol. The Kier molecular flexibility index (Phi) is 2.85. The van der Waals surface area contributed by atoms with Crippen LogP contribution in [0, 0.1) is 0 Å². The summed E-state index contributed by atoms with van der Waals surface area (Å²) in [5.74, 6) is 0. The molecule has 5 heterocycles. The monoisotopic (exact) mass is 408 g/mol. The summed E-state index contributed by atoms with van der Waals surface area (Å²) in [4.78, 5) is 62.3. The van der Waals surface area contributed by atoms with E-state index in [2.05, 4.69) is 0 Å². The van der Waals surface area contributed by atoms with Crippen molar-refractivity contribution in [3.63, 3.8) is 0 Å². The molecule has 5 rings (SSSR count). The van der Waals surface area contributed by atoms with E-state index in [1.54, 1.807) is 0 Å². The Balaban J connectivity index is 1.91. The van der Waals surface area contributed by atoms with E-state index in [1.165, 1.54) is 0 Å². The molecule has 6 bridgehead atoms. The number of hydrogen-bond donors (Lipinski definition) is 6. The smallest absolute Gasteiger partial charge is 0.391 e. The van der Waals surface area contributed by atoms with Gasteiger partial charge in [-0.05, 0) is 0 Å². The number of rotatable bonds is 0. The van der Waals surface area contributed by atoms with Crippen LogP contribution in [0.5, 0.6) is 0 Å². The van der Waals surface area contributed by atoms with Crippen LogP contribution in [0.2, 0.25) is 17.0 Å². The third-order valence-corrected chi connectivity index (χ3v) is 29.3. The molecule has 0 radical (unpaired) electrons. The highest BCUT2D eigenvalue weighted by molar-refractivity contribution is 7.06. The lowest BCUT2D eigenvalue weighted by Gasteiger charge is -2.56. The van der Waals surface area contributed by atoms with Crippen molar-refractivity contribution in [1.29, 1.82) is 0 Å². The largest absolute Gasteiger partial charge is 0.487 e. The zero-order valence-corrected chi connectivity index (χ0v) is 16.3. The predicted octanol–water partition coefficient (Wildman–Crippen LogP) is -4.65. The summed E-state index contributed by atoms with van der Waals surface area (Å²) in [5.41, 5.74) is -1.99. The van der Waals surface area contributed by atoms with Crippen molar-refractivity contribution in [3.8, 4) is 0 Å². The first kappa shape index (κ1) is 15.4. The second kappa shape index (κ2) is 3.90. The van der Waals surface area contributed by atoms with Gasteiger partial charge in [0.15, 0.2) is 0 Å². The molecule has 0 aromatic heterocycles. The molecule has 0 saturated carbocycles. The molecule has 0 atom stereocenters. The van der Waals surface area contributed by atoms with Crippen molar-refractivity contribution in [3.05, 3.63) is 0 Å². The summed E-state index contributed by atoms with van der Waals surface area (Å²) < 4.78 is 30.7. The Labute approximate surface area is 123 Å². The zero-order valence-electron chi connectivity index (χ0n) is 10.3. The summed E-state index contributed by atoms with van der Waals surface area (Å²) in [7, 11) is -25.4. The van der Waals surface area contributed by atoms with Crippen LogP contribution < -0.4 is 0 Å². The van der Waals surface area contributed by atoms with Gasteiger partial charge in [0.05, 0.1) is 17.0 Å². The summed E-state index contributed by atoms with van der Waals surface area (Å²) >= 11 is 0. The summed E-state index contributed by atoms with van der Waals surface area (Å²) in [6.45, 7) is 0. The minimum absolute atomic E-state index is 0.665. The molecule has 6 N–H and O–H groups in total. The van der Waals surface area contributed by atoms with Gasteiger partial charge < -0.3 is 53.5 Å². The fourth-order valence-corrected chi connectivity index (χ4v) is 36.1. The number of hydrogen-bond acceptors (Lipinski definition) is 12. The second-order valence-electron chi connectivity index (χ2n) is 5.42. The standard InChI is InChI=1S/C3H12O12Si6/c4-16-1-17(5)11-19(7)2-18(6,10-16)14-20(8,12-16)3-21(9,13-17)15-19/h4-9H,1-3H2. The van der Waals surface area contributed by atoms with E-state index in [-0.39, 0.29) is 0 Å². The fraction of sp³-hybridized carbons (Fsp3) is 1.00. The lowest BCUT2D eigenvalue weighted by molar-refractivity contribution is 0.0244. The van der Waals surface area contributed by atoms with Gasteiger partial charge >= 0.3 is 52.8 Å². The topological polar surface area (TPSA) is 177 Å². The first-order valence-electron chi connectivity index (χ1n) is 5.91. The van der Waals surface area contributed by atoms with Crippen molar-refractivity contribution >= 4 is 52.8 Å². The van der Waals surface area contributed by atoms with Crippen LogP contribution in [-0.4, -0.2) is 81.6 Å². The van der Waals surface area contributed by atoms with Gasteiger partial charge in [0.1, 0.15) is 0 Å². The lowest BCUT2D eigenvalue weighted by Crippen LogP contribution is -2.85. The maximum Gasteiger partial charge on any atom is 0.487 e. The third-order valence-electron chi connectivity index (χ3n) is 3.25. The van der Waals surface area contributed by atoms with E-state index in [1.807, 2.05) is 0 Å². The van der Waals surface area contributed by atoms with E-state index >= 15 is 0 Å². The summed E-state index contributed by atoms with van der Waals surface area (Å²) in [5, 5.41) is 0. The first-order valence-corrected chi connectivity index (χ1v) is 17.7. The van der Waals surface area contributed by atoms with Crippen LogP contribution in [0.4, 0.5) is 0 Å². The van der Waals surface area contributed by atoms with Crippen LogP contribution in [0.15, 0.2) is 0 Å². The molecule has 0 amide bonds. The van der Waals surface area contributed by atoms with E-state index in [0.717, 1.165) is 0 Å². The van der Waals surface area contributed by atoms with Gasteiger partial charge in [0, 0.05) is 0 Å². The Morgan fingerprint density at radius 3 is 0.667 bits per heavy atom. The van der Waals surface area contributed by atoms with E-state index in [9.17, 15) is 28.8 Å². The Hall–Kier alpha value is 0.821. The molecule has 5 aliphatic heterocycles. The summed E-state index contributed by atoms with van der Waals surface area (Å²) in [6.07, 6.45) is 0. The molecule has 0 aromatic carbocycles. The average Bonchev–Trinajstić information content (AvgIpc) is 2.00. The Morgan fingerprint density at radius 2 is 0.524 bits per heavy atom. The van der Waals surface area contributed by atoms with Crippen LogP contribution in [0.1, 0.15) is 0 Å². The zero-order chi connectivity index (χ0) is 15.4. The maximum atomic E-state index is 10.4. The molecule has 0 aliphatic carbocycles. The average molecular weight is 409 g/mol. The van der Waals surface area contributed by atoms with Gasteiger partial charge in [-0.25, -0.2) is 0 Å². The predicted molar refractivity (Wildman–Crippen MR) is 68.8 cm³/mol. The summed E-state index contributed by atoms with van der Waals surface area (Å²) in [6, 6.07) is 0. The maximum absolute atomic E-state index is 10.4. The minimum atomic E-state index is -4.23. The molecule has 18 heteroatoms. The fourth-order valence-electron chi connectivity index (χ4n) is 2.90. The van der Waals surface area contributed by atoms with Gasteiger partial charge in [0.25, 0.3) is 0 Å². The van der Waals surface area contributed by atoms with Crippen LogP contribution in [-0.2, 0) is 24.7 Å². The van der Waals surface area contributed by atoms with Crippen molar-refractivity contribution in [1.82, 2.24) is 0 Å². The van der Waals surface area contributed by atoms with Crippen molar-refractivity contribution in [2.24, 2.45) is 0 Å². The molecule has 5 fully saturated rings. The van der Waals surface area contributed by atoms with Crippen molar-refractivity contribution in [2.45, 2.75) is 17.0 Å². The van der Waals surface area contributed by atoms with E-state index in [4.69, 9.17) is 24.7 Å². The molecule has 120 valence electrons. The highest BCUT2D eigenvalue weighted by Crippen LogP contribution is 2.47. The molecule has 0 aromatic rings. The van der Waals surface area contributed by atoms with Crippen molar-refractivity contribution in [2.75, 3.05) is 0 Å². The molecule has 5 aliphatic rings. The lowest BCUT2D eigenvalue weighted by atomic mass is 11.9. The van der Waals surface area contributed by atoms with Crippen LogP contribution in [0.3, 0.4) is 0 Å². The Morgan fingerprint density at radius 1 is 0.381 bits per heavy atom. The van der Waals surface area contributed by atoms with E-state index < -0.39 is 69.8 Å². The Bertz CT molecular complexity index is 386. The SMILES string of the molecule is O[Si]12C[Si]3(O)O[Si]4(O)C[Si](O)(O1)O[Si](O)(C[Si](O)(O3)O4)O2. The van der Waals surface area contributed by atoms with E-state index in [0.29, 0.717) is 0 Å². The van der Waals surface area contributed by atoms with Gasteiger partial charge in [-0.3, -0.25) is 0 Å². The molecular formula is C3H12O12Si6. The minimum Gasteiger partial charge on any atom is -0.391 e. The molecule has 12 nitrogen and oxygen atoms in total. The van der Waals surface area contributed by atoms with Gasteiger partial charge in [-0.15, -0.1) is 0 Å². The molecule has 0 unspecified atom stereocenters. The highest BCUT2D eigenvalue weighted by atomic mass is 28.6. The normalized spacial score (nSPS) is 66.0. The van der Waals surface area contributed by atoms with Gasteiger partial charge in [0.2, 0.25) is 0 Å². The highest BCUT2D eigenvalue weighted by Gasteiger charge is 2.81. The third kappa shape index (κ3) is 2.45. The molecule has 21 heavy (non-hydrogen) atoms. The second-order valence-corrected chi connectivity index (χ2v) is 23.1. The quantitative estimate of drug-likeness (QED) is 0.212. The van der Waals surface area contributed by atoms with Crippen LogP contribution >= 0.6 is 0 Å².